The van der Waals surface area contributed by atoms with Crippen molar-refractivity contribution in [2.24, 2.45) is 17.8 Å². The lowest BCUT2D eigenvalue weighted by Crippen LogP contribution is -2.23. The predicted molar refractivity (Wildman–Crippen MR) is 80.7 cm³/mol. The van der Waals surface area contributed by atoms with Gasteiger partial charge in [-0.2, -0.15) is 0 Å². The molecular formula is C17H15F2N3O. The maximum atomic E-state index is 13.2. The van der Waals surface area contributed by atoms with E-state index in [1.54, 1.807) is 24.5 Å². The molecule has 1 amide bonds. The average Bonchev–Trinajstić information content (AvgIpc) is 2.93. The van der Waals surface area contributed by atoms with Crippen molar-refractivity contribution in [2.75, 3.05) is 5.32 Å². The summed E-state index contributed by atoms with van der Waals surface area (Å²) >= 11 is 0. The summed E-state index contributed by atoms with van der Waals surface area (Å²) in [5.41, 5.74) is 2.51. The van der Waals surface area contributed by atoms with Gasteiger partial charge in [0.05, 0.1) is 0 Å². The zero-order chi connectivity index (χ0) is 16.0. The van der Waals surface area contributed by atoms with E-state index in [0.717, 1.165) is 11.1 Å². The first-order chi connectivity index (χ1) is 11.1. The molecular weight excluding hydrogens is 300 g/mol. The Morgan fingerprint density at radius 1 is 1.04 bits per heavy atom. The zero-order valence-corrected chi connectivity index (χ0v) is 12.2. The Kier molecular flexibility index (Phi) is 3.14. The van der Waals surface area contributed by atoms with Crippen LogP contribution in [-0.2, 0) is 4.79 Å². The Balaban J connectivity index is 1.39. The van der Waals surface area contributed by atoms with Crippen molar-refractivity contribution in [3.63, 3.8) is 0 Å². The lowest BCUT2D eigenvalue weighted by atomic mass is 10.0. The monoisotopic (exact) mass is 315 g/mol. The number of anilines is 1. The number of hydrogen-bond donors (Lipinski definition) is 1. The summed E-state index contributed by atoms with van der Waals surface area (Å²) in [6.07, 6.45) is 5.48. The number of nitrogens with one attached hydrogen (secondary N) is 1. The van der Waals surface area contributed by atoms with Gasteiger partial charge < -0.3 is 5.32 Å². The molecule has 1 aromatic carbocycles. The summed E-state index contributed by atoms with van der Waals surface area (Å²) in [5.74, 6) is -4.16. The third-order valence-corrected chi connectivity index (χ3v) is 4.86. The third-order valence-electron chi connectivity index (χ3n) is 4.86. The maximum Gasteiger partial charge on any atom is 0.254 e. The molecule has 6 heteroatoms. The van der Waals surface area contributed by atoms with E-state index >= 15 is 0 Å². The van der Waals surface area contributed by atoms with Crippen LogP contribution in [0.3, 0.4) is 0 Å². The Labute approximate surface area is 132 Å². The van der Waals surface area contributed by atoms with Gasteiger partial charge in [0.25, 0.3) is 5.92 Å². The highest BCUT2D eigenvalue weighted by molar-refractivity contribution is 5.93. The highest BCUT2D eigenvalue weighted by atomic mass is 19.3. The lowest BCUT2D eigenvalue weighted by molar-refractivity contribution is -0.120. The summed E-state index contributed by atoms with van der Waals surface area (Å²) in [6.45, 7) is 0. The second-order valence-electron chi connectivity index (χ2n) is 6.25. The Morgan fingerprint density at radius 3 is 2.26 bits per heavy atom. The van der Waals surface area contributed by atoms with Gasteiger partial charge >= 0.3 is 0 Å². The molecule has 0 saturated heterocycles. The van der Waals surface area contributed by atoms with Crippen molar-refractivity contribution < 1.29 is 13.6 Å². The number of amides is 1. The van der Waals surface area contributed by atoms with E-state index in [4.69, 9.17) is 0 Å². The number of hydrogen-bond acceptors (Lipinski definition) is 3. The van der Waals surface area contributed by atoms with Crippen LogP contribution in [0.15, 0.2) is 43.0 Å². The van der Waals surface area contributed by atoms with Crippen LogP contribution < -0.4 is 5.32 Å². The molecule has 1 N–H and O–H groups in total. The van der Waals surface area contributed by atoms with Crippen molar-refractivity contribution in [2.45, 2.75) is 18.8 Å². The molecule has 118 valence electrons. The summed E-state index contributed by atoms with van der Waals surface area (Å²) in [4.78, 5) is 20.1. The molecule has 1 unspecified atom stereocenters. The Morgan fingerprint density at radius 2 is 1.65 bits per heavy atom. The SMILES string of the molecule is O=C(Nc1ccc(-c2cncnc2)cc1)C1C[C@@H]2[C@H](C1)C2(F)F. The zero-order valence-electron chi connectivity index (χ0n) is 12.2. The number of benzene rings is 1. The van der Waals surface area contributed by atoms with E-state index in [9.17, 15) is 13.6 Å². The molecule has 2 aliphatic carbocycles. The van der Waals surface area contributed by atoms with Crippen molar-refractivity contribution in [1.82, 2.24) is 9.97 Å². The molecule has 2 aromatic rings. The number of aromatic nitrogens is 2. The second kappa shape index (κ2) is 5.08. The molecule has 0 aliphatic heterocycles. The summed E-state index contributed by atoms with van der Waals surface area (Å²) in [5, 5.41) is 2.82. The Bertz CT molecular complexity index is 719. The van der Waals surface area contributed by atoms with Gasteiger partial charge in [0.1, 0.15) is 6.33 Å². The highest BCUT2D eigenvalue weighted by Gasteiger charge is 2.72. The van der Waals surface area contributed by atoms with Crippen LogP contribution in [0.2, 0.25) is 0 Å². The van der Waals surface area contributed by atoms with Gasteiger partial charge in [0, 0.05) is 41.4 Å². The van der Waals surface area contributed by atoms with Crippen LogP contribution >= 0.6 is 0 Å². The summed E-state index contributed by atoms with van der Waals surface area (Å²) < 4.78 is 26.3. The first kappa shape index (κ1) is 14.2. The van der Waals surface area contributed by atoms with Gasteiger partial charge in [-0.3, -0.25) is 4.79 Å². The normalized spacial score (nSPS) is 27.3. The van der Waals surface area contributed by atoms with Gasteiger partial charge in [-0.1, -0.05) is 12.1 Å². The molecule has 1 heterocycles. The standard InChI is InChI=1S/C17H15F2N3O/c18-17(19)14-5-11(6-15(14)17)16(23)22-13-3-1-10(2-4-13)12-7-20-9-21-8-12/h1-4,7-9,11,14-15H,5-6H2,(H,22,23)/t11?,14-,15+. The first-order valence-corrected chi connectivity index (χ1v) is 7.60. The molecule has 4 rings (SSSR count). The second-order valence-corrected chi connectivity index (χ2v) is 6.25. The van der Waals surface area contributed by atoms with Gasteiger partial charge in [0.2, 0.25) is 5.91 Å². The maximum absolute atomic E-state index is 13.2. The molecule has 2 fully saturated rings. The fourth-order valence-electron chi connectivity index (χ4n) is 3.47. The molecule has 3 atom stereocenters. The number of alkyl halides is 2. The fourth-order valence-corrected chi connectivity index (χ4v) is 3.47. The summed E-state index contributed by atoms with van der Waals surface area (Å²) in [6, 6.07) is 7.33. The summed E-state index contributed by atoms with van der Waals surface area (Å²) in [7, 11) is 0. The molecule has 1 aromatic heterocycles. The number of fused-ring (bicyclic) bond motifs is 1. The minimum Gasteiger partial charge on any atom is -0.326 e. The fraction of sp³-hybridized carbons (Fsp3) is 0.353. The van der Waals surface area contributed by atoms with Gasteiger partial charge in [-0.05, 0) is 30.5 Å². The molecule has 4 nitrogen and oxygen atoms in total. The topological polar surface area (TPSA) is 54.9 Å². The molecule has 0 radical (unpaired) electrons. The van der Waals surface area contributed by atoms with Crippen molar-refractivity contribution in [1.29, 1.82) is 0 Å². The van der Waals surface area contributed by atoms with Gasteiger partial charge in [0.15, 0.2) is 0 Å². The van der Waals surface area contributed by atoms with Crippen LogP contribution in [0, 0.1) is 17.8 Å². The number of rotatable bonds is 3. The number of carbonyl (C=O) groups is 1. The van der Waals surface area contributed by atoms with Crippen LogP contribution in [0.4, 0.5) is 14.5 Å². The first-order valence-electron chi connectivity index (χ1n) is 7.60. The van der Waals surface area contributed by atoms with Crippen LogP contribution in [0.25, 0.3) is 11.1 Å². The van der Waals surface area contributed by atoms with Gasteiger partial charge in [-0.15, -0.1) is 0 Å². The smallest absolute Gasteiger partial charge is 0.254 e. The van der Waals surface area contributed by atoms with E-state index in [1.807, 2.05) is 12.1 Å². The van der Waals surface area contributed by atoms with Crippen molar-refractivity contribution in [3.8, 4) is 11.1 Å². The molecule has 23 heavy (non-hydrogen) atoms. The van der Waals surface area contributed by atoms with Gasteiger partial charge in [-0.25, -0.2) is 18.7 Å². The van der Waals surface area contributed by atoms with Crippen molar-refractivity contribution >= 4 is 11.6 Å². The number of nitrogens with zero attached hydrogens (tertiary/aromatic N) is 2. The molecule has 2 saturated carbocycles. The Hall–Kier alpha value is -2.37. The third kappa shape index (κ3) is 2.48. The van der Waals surface area contributed by atoms with E-state index in [-0.39, 0.29) is 11.8 Å². The largest absolute Gasteiger partial charge is 0.326 e. The van der Waals surface area contributed by atoms with Crippen LogP contribution in [0.5, 0.6) is 0 Å². The van der Waals surface area contributed by atoms with Crippen LogP contribution in [0.1, 0.15) is 12.8 Å². The van der Waals surface area contributed by atoms with E-state index in [2.05, 4.69) is 15.3 Å². The number of halogens is 2. The molecule has 2 aliphatic rings. The minimum absolute atomic E-state index is 0.163. The van der Waals surface area contributed by atoms with E-state index in [1.165, 1.54) is 6.33 Å². The lowest BCUT2D eigenvalue weighted by Gasteiger charge is -2.14. The molecule has 0 bridgehead atoms. The number of carbonyl (C=O) groups excluding carboxylic acids is 1. The average molecular weight is 315 g/mol. The predicted octanol–water partition coefficient (Wildman–Crippen LogP) is 3.37. The highest BCUT2D eigenvalue weighted by Crippen LogP contribution is 2.65. The molecule has 0 spiro atoms. The van der Waals surface area contributed by atoms with Crippen LogP contribution in [-0.4, -0.2) is 21.8 Å². The quantitative estimate of drug-likeness (QED) is 0.945. The van der Waals surface area contributed by atoms with E-state index in [0.29, 0.717) is 18.5 Å². The van der Waals surface area contributed by atoms with E-state index < -0.39 is 17.8 Å². The van der Waals surface area contributed by atoms with Crippen molar-refractivity contribution in [3.05, 3.63) is 43.0 Å². The minimum atomic E-state index is -2.53.